The Labute approximate surface area is 128 Å². The summed E-state index contributed by atoms with van der Waals surface area (Å²) < 4.78 is 5.27. The summed E-state index contributed by atoms with van der Waals surface area (Å²) >= 11 is 0. The van der Waals surface area contributed by atoms with E-state index in [1.165, 1.54) is 12.5 Å². The molecule has 1 aromatic rings. The van der Waals surface area contributed by atoms with Gasteiger partial charge in [0.2, 0.25) is 0 Å². The molecule has 1 atom stereocenters. The highest BCUT2D eigenvalue weighted by Gasteiger charge is 2.14. The van der Waals surface area contributed by atoms with Crippen LogP contribution >= 0.6 is 0 Å². The zero-order valence-corrected chi connectivity index (χ0v) is 12.5. The van der Waals surface area contributed by atoms with Crippen molar-refractivity contribution >= 4 is 17.8 Å². The van der Waals surface area contributed by atoms with Crippen LogP contribution in [0.2, 0.25) is 0 Å². The van der Waals surface area contributed by atoms with Crippen LogP contribution in [0.3, 0.4) is 0 Å². The number of aryl methyl sites for hydroxylation is 1. The second kappa shape index (κ2) is 8.50. The van der Waals surface area contributed by atoms with Crippen LogP contribution in [-0.4, -0.2) is 30.5 Å². The minimum atomic E-state index is -0.861. The summed E-state index contributed by atoms with van der Waals surface area (Å²) in [5, 5.41) is 2.18. The van der Waals surface area contributed by atoms with Crippen LogP contribution in [0.15, 0.2) is 24.3 Å². The molecule has 4 amide bonds. The van der Waals surface area contributed by atoms with Crippen LogP contribution in [0.25, 0.3) is 0 Å². The van der Waals surface area contributed by atoms with Gasteiger partial charge in [0.15, 0.2) is 6.61 Å². The minimum absolute atomic E-state index is 0.247. The highest BCUT2D eigenvalue weighted by molar-refractivity contribution is 5.88. The van der Waals surface area contributed by atoms with E-state index in [-0.39, 0.29) is 6.61 Å². The molecule has 0 aliphatic rings. The first-order valence-electron chi connectivity index (χ1n) is 6.78. The maximum absolute atomic E-state index is 11.5. The number of nitrogens with two attached hydrogens (primary N) is 1. The Morgan fingerprint density at radius 1 is 1.18 bits per heavy atom. The van der Waals surface area contributed by atoms with E-state index in [1.54, 1.807) is 12.1 Å². The Balaban J connectivity index is 2.30. The summed E-state index contributed by atoms with van der Waals surface area (Å²) in [5.41, 5.74) is 10.4. The number of ether oxygens (including phenoxy) is 1. The number of benzene rings is 1. The van der Waals surface area contributed by atoms with E-state index in [9.17, 15) is 14.4 Å². The van der Waals surface area contributed by atoms with Crippen LogP contribution in [-0.2, 0) is 16.0 Å². The molecule has 8 nitrogen and oxygen atoms in total. The van der Waals surface area contributed by atoms with Crippen molar-refractivity contribution in [1.82, 2.24) is 16.2 Å². The highest BCUT2D eigenvalue weighted by atomic mass is 16.5. The maximum Gasteiger partial charge on any atom is 0.312 e. The van der Waals surface area contributed by atoms with E-state index < -0.39 is 23.9 Å². The topological polar surface area (TPSA) is 123 Å². The van der Waals surface area contributed by atoms with E-state index in [0.29, 0.717) is 5.75 Å². The Hall–Kier alpha value is -2.77. The molecule has 1 aromatic carbocycles. The summed E-state index contributed by atoms with van der Waals surface area (Å²) in [4.78, 5) is 33.6. The van der Waals surface area contributed by atoms with Gasteiger partial charge in [-0.15, -0.1) is 0 Å². The average Bonchev–Trinajstić information content (AvgIpc) is 2.50. The van der Waals surface area contributed by atoms with Gasteiger partial charge in [0.25, 0.3) is 11.8 Å². The van der Waals surface area contributed by atoms with E-state index >= 15 is 0 Å². The molecule has 0 heterocycles. The fourth-order valence-electron chi connectivity index (χ4n) is 1.52. The monoisotopic (exact) mass is 308 g/mol. The van der Waals surface area contributed by atoms with Gasteiger partial charge in [-0.25, -0.2) is 4.79 Å². The van der Waals surface area contributed by atoms with Crippen molar-refractivity contribution in [2.24, 2.45) is 5.73 Å². The molecule has 22 heavy (non-hydrogen) atoms. The number of carbonyl (C=O) groups excluding carboxylic acids is 3. The summed E-state index contributed by atoms with van der Waals surface area (Å²) in [6, 6.07) is 5.67. The SMILES string of the molecule is CCc1ccc(OCC(=O)NNC(=O)C(C)NC(N)=O)cc1. The lowest BCUT2D eigenvalue weighted by molar-refractivity contribution is -0.130. The minimum Gasteiger partial charge on any atom is -0.484 e. The fourth-order valence-corrected chi connectivity index (χ4v) is 1.52. The molecule has 1 unspecified atom stereocenters. The predicted molar refractivity (Wildman–Crippen MR) is 79.8 cm³/mol. The maximum atomic E-state index is 11.5. The van der Waals surface area contributed by atoms with Crippen molar-refractivity contribution in [2.45, 2.75) is 26.3 Å². The van der Waals surface area contributed by atoms with Gasteiger partial charge in [0, 0.05) is 0 Å². The summed E-state index contributed by atoms with van der Waals surface area (Å²) in [6.07, 6.45) is 0.921. The van der Waals surface area contributed by atoms with Gasteiger partial charge in [-0.1, -0.05) is 19.1 Å². The van der Waals surface area contributed by atoms with Crippen molar-refractivity contribution in [3.63, 3.8) is 0 Å². The van der Waals surface area contributed by atoms with Crippen LogP contribution < -0.4 is 26.6 Å². The molecule has 0 saturated carbocycles. The number of hydrogen-bond acceptors (Lipinski definition) is 4. The summed E-state index contributed by atoms with van der Waals surface area (Å²) in [7, 11) is 0. The molecular weight excluding hydrogens is 288 g/mol. The van der Waals surface area contributed by atoms with Gasteiger partial charge in [-0.05, 0) is 31.0 Å². The van der Waals surface area contributed by atoms with Crippen LogP contribution in [0, 0.1) is 0 Å². The smallest absolute Gasteiger partial charge is 0.312 e. The quantitative estimate of drug-likeness (QED) is 0.545. The van der Waals surface area contributed by atoms with Gasteiger partial charge in [-0.2, -0.15) is 0 Å². The van der Waals surface area contributed by atoms with E-state index in [4.69, 9.17) is 10.5 Å². The Kier molecular flexibility index (Phi) is 6.68. The number of amides is 4. The fraction of sp³-hybridized carbons (Fsp3) is 0.357. The standard InChI is InChI=1S/C14H20N4O4/c1-3-10-4-6-11(7-5-10)22-8-12(19)17-18-13(20)9(2)16-14(15)21/h4-7,9H,3,8H2,1-2H3,(H,17,19)(H,18,20)(H3,15,16,21). The number of hydrazine groups is 1. The molecule has 0 spiro atoms. The molecule has 120 valence electrons. The molecule has 0 aliphatic carbocycles. The molecular formula is C14H20N4O4. The molecule has 1 rings (SSSR count). The predicted octanol–water partition coefficient (Wildman–Crippen LogP) is -0.168. The van der Waals surface area contributed by atoms with Gasteiger partial charge >= 0.3 is 6.03 Å². The number of hydrogen-bond donors (Lipinski definition) is 4. The third-order valence-corrected chi connectivity index (χ3v) is 2.78. The van der Waals surface area contributed by atoms with Gasteiger partial charge in [0.1, 0.15) is 11.8 Å². The lowest BCUT2D eigenvalue weighted by Crippen LogP contribution is -2.52. The Morgan fingerprint density at radius 3 is 2.36 bits per heavy atom. The molecule has 0 aromatic heterocycles. The summed E-state index contributed by atoms with van der Waals surface area (Å²) in [5.74, 6) is -0.568. The normalized spacial score (nSPS) is 11.2. The second-order valence-electron chi connectivity index (χ2n) is 4.55. The summed E-state index contributed by atoms with van der Waals surface area (Å²) in [6.45, 7) is 3.22. The molecule has 8 heteroatoms. The van der Waals surface area contributed by atoms with Gasteiger partial charge in [-0.3, -0.25) is 20.4 Å². The number of primary amides is 1. The number of rotatable bonds is 6. The molecule has 5 N–H and O–H groups in total. The Morgan fingerprint density at radius 2 is 1.82 bits per heavy atom. The van der Waals surface area contributed by atoms with Crippen molar-refractivity contribution in [1.29, 1.82) is 0 Å². The van der Waals surface area contributed by atoms with Crippen molar-refractivity contribution in [2.75, 3.05) is 6.61 Å². The zero-order chi connectivity index (χ0) is 16.5. The van der Waals surface area contributed by atoms with Crippen molar-refractivity contribution in [3.05, 3.63) is 29.8 Å². The second-order valence-corrected chi connectivity index (χ2v) is 4.55. The van der Waals surface area contributed by atoms with E-state index in [0.717, 1.165) is 6.42 Å². The third-order valence-electron chi connectivity index (χ3n) is 2.78. The van der Waals surface area contributed by atoms with Crippen molar-refractivity contribution < 1.29 is 19.1 Å². The van der Waals surface area contributed by atoms with E-state index in [2.05, 4.69) is 16.2 Å². The first kappa shape index (κ1) is 17.3. The first-order valence-corrected chi connectivity index (χ1v) is 6.78. The van der Waals surface area contributed by atoms with Crippen LogP contribution in [0.4, 0.5) is 4.79 Å². The number of carbonyl (C=O) groups is 3. The van der Waals surface area contributed by atoms with Gasteiger partial charge < -0.3 is 15.8 Å². The average molecular weight is 308 g/mol. The number of urea groups is 1. The molecule has 0 fully saturated rings. The lowest BCUT2D eigenvalue weighted by atomic mass is 10.2. The highest BCUT2D eigenvalue weighted by Crippen LogP contribution is 2.12. The molecule has 0 aliphatic heterocycles. The third kappa shape index (κ3) is 6.12. The Bertz CT molecular complexity index is 530. The lowest BCUT2D eigenvalue weighted by Gasteiger charge is -2.13. The van der Waals surface area contributed by atoms with Crippen LogP contribution in [0.1, 0.15) is 19.4 Å². The van der Waals surface area contributed by atoms with Crippen molar-refractivity contribution in [3.8, 4) is 5.75 Å². The molecule has 0 saturated heterocycles. The van der Waals surface area contributed by atoms with E-state index in [1.807, 2.05) is 19.1 Å². The van der Waals surface area contributed by atoms with Gasteiger partial charge in [0.05, 0.1) is 0 Å². The first-order chi connectivity index (χ1) is 10.4. The molecule has 0 radical (unpaired) electrons. The largest absolute Gasteiger partial charge is 0.484 e. The number of nitrogens with one attached hydrogen (secondary N) is 3. The zero-order valence-electron chi connectivity index (χ0n) is 12.5. The molecule has 0 bridgehead atoms. The van der Waals surface area contributed by atoms with Crippen LogP contribution in [0.5, 0.6) is 5.75 Å².